The zero-order valence-electron chi connectivity index (χ0n) is 80.6. The number of fused-ring (bicyclic) bond motifs is 2. The number of hydrogen-bond donors (Lipinski definition) is 2. The van der Waals surface area contributed by atoms with Crippen molar-refractivity contribution in [2.45, 2.75) is 167 Å². The van der Waals surface area contributed by atoms with Crippen molar-refractivity contribution in [1.82, 2.24) is 68.7 Å². The molecule has 2 N–H and O–H groups in total. The lowest BCUT2D eigenvalue weighted by atomic mass is 10.0. The molecule has 8 aromatic carbocycles. The SMILES string of the molecule is C.CCOC(=O)C1=C(NCc2nnc(-c3ccc(-c4ccc(C(F)(F)F)cc4)cc3)n2CC)CCC1.CCn1c(Cn2c(SCc3ccc(F)cc3)nc(=O)c3c2CCC3)nnc1-c1ccc(-c2ccc(C(F)(F)F)cc2)cc1.CCn1c(Cn2c3c(c(=O)[nH]c2=S)CCC3)nnc1-c1ccc(-c2ccc(C(F)(F)F)cc2)cc1.Fc1ccc(CBr)cc1.[2HH].[2H][2H].[2H][2H].[2H][2H].[2H][2H].[2H][2H].[2H][2H].[2H][2H]. The Kier molecular flexibility index (Phi) is 26.3. The van der Waals surface area contributed by atoms with Crippen LogP contribution >= 0.6 is 39.9 Å². The third kappa shape index (κ3) is 21.6. The van der Waals surface area contributed by atoms with Crippen molar-refractivity contribution in [3.63, 3.8) is 0 Å². The minimum absolute atomic E-state index is 0. The minimum atomic E-state index is -4.38. The van der Waals surface area contributed by atoms with Gasteiger partial charge in [0.15, 0.2) is 44.9 Å². The highest BCUT2D eigenvalue weighted by Gasteiger charge is 2.33. The largest absolute Gasteiger partial charge is 0.463 e. The first-order valence-electron chi connectivity index (χ1n) is 46.5. The van der Waals surface area contributed by atoms with Crippen LogP contribution in [0.1, 0.15) is 157 Å². The molecule has 5 aromatic heterocycles. The van der Waals surface area contributed by atoms with Crippen molar-refractivity contribution in [1.29, 1.82) is 0 Å². The molecular weight excluding hydrogens is 1710 g/mol. The first kappa shape index (κ1) is 80.9. The van der Waals surface area contributed by atoms with Crippen LogP contribution in [0.3, 0.4) is 0 Å². The lowest BCUT2D eigenvalue weighted by Gasteiger charge is -2.17. The molecule has 13 aromatic rings. The predicted octanol–water partition coefficient (Wildman–Crippen LogP) is 23.6. The van der Waals surface area contributed by atoms with Gasteiger partial charge in [-0.3, -0.25) is 14.6 Å². The van der Waals surface area contributed by atoms with Crippen LogP contribution in [0.25, 0.3) is 67.5 Å². The Labute approximate surface area is 742 Å². The summed E-state index contributed by atoms with van der Waals surface area (Å²) in [5, 5.41) is 31.3. The zero-order valence-corrected chi connectivity index (χ0v) is 69.8. The molecule has 3 aliphatic rings. The van der Waals surface area contributed by atoms with Crippen LogP contribution < -0.4 is 16.4 Å². The van der Waals surface area contributed by atoms with Gasteiger partial charge in [-0.15, -0.1) is 30.6 Å². The Morgan fingerprint density at radius 2 is 0.846 bits per heavy atom. The van der Waals surface area contributed by atoms with E-state index in [4.69, 9.17) is 37.7 Å². The maximum absolute atomic E-state index is 13.4. The van der Waals surface area contributed by atoms with E-state index < -0.39 is 35.2 Å². The Balaban J connectivity index is 0.000000387. The molecule has 0 amide bonds. The Hall–Kier alpha value is -11.8. The topological polar surface area (TPSA) is 203 Å². The third-order valence-corrected chi connectivity index (χ3v) is 23.1. The molecule has 3 aliphatic carbocycles. The fourth-order valence-corrected chi connectivity index (χ4v) is 16.4. The van der Waals surface area contributed by atoms with E-state index >= 15 is 0 Å². The molecule has 656 valence electrons. The summed E-state index contributed by atoms with van der Waals surface area (Å²) in [6.45, 7) is 11.3. The van der Waals surface area contributed by atoms with Crippen LogP contribution in [-0.4, -0.2) is 76.0 Å². The fraction of sp³-hybridized carbons (Fsp3) is 0.286. The number of halogens is 12. The third-order valence-electron chi connectivity index (χ3n) is 21.1. The number of thioether (sulfide) groups is 1. The molecule has 0 bridgehead atoms. The number of H-pyrrole nitrogens is 1. The molecule has 0 radical (unpaired) electrons. The number of rotatable bonds is 22. The van der Waals surface area contributed by atoms with Crippen molar-refractivity contribution < 1.29 is 80.0 Å². The molecule has 0 atom stereocenters. The average molecular weight is 1820 g/mol. The number of nitrogens with one attached hydrogen (secondary N) is 2. The number of nitrogens with zero attached hydrogens (tertiary/aromatic N) is 12. The maximum Gasteiger partial charge on any atom is 0.416 e. The molecule has 16 rings (SSSR count). The Morgan fingerprint density at radius 3 is 1.25 bits per heavy atom. The van der Waals surface area contributed by atoms with Crippen LogP contribution in [0, 0.1) is 16.4 Å². The molecule has 5 heterocycles. The molecule has 0 spiro atoms. The summed E-state index contributed by atoms with van der Waals surface area (Å²) in [4.78, 5) is 44.4. The number of allylic oxidation sites excluding steroid dienone is 1. The molecule has 18 nitrogen and oxygen atoms in total. The standard InChI is InChI=1S/C32H27F4N5OS.C26H27F3N4O2.C25H22F3N5OS.C7H6BrF.CH4.8H2/c1-2-40-28(38-39-29(40)23-10-8-21(9-11-23)22-12-14-24(15-13-22)32(34,35)36)18-41-27-5-3-4-26(27)30(42)37-31(41)43-19-20-6-16-25(33)17-7-20;1-3-33-23(16-30-22-7-5-6-21(22)25(34)35-4-2)31-32-24(33)19-10-8-17(9-11-19)18-12-14-20(15-13-18)26(27,28)29;1-2-32-21(14-33-20-5-3-4-19(20)23(34)29-24(33)35)30-31-22(32)17-8-6-15(7-9-17)16-10-12-18(13-11-16)25(26,27)28;8-5-6-1-3-7(9)4-2-6;;;;;;;;;/h6-17H,2-5,18-19H2,1H3;8-15,30H,3-7,16H2,1-2H3;6-13H,2-5,14H2,1H3,(H,29,34,35);1-4H,5H2;1H4;8*1H/i;;;;;7*1+1D;1+1. The van der Waals surface area contributed by atoms with Crippen molar-refractivity contribution in [2.24, 2.45) is 0 Å². The summed E-state index contributed by atoms with van der Waals surface area (Å²) in [5.41, 5.74) is 11.8. The van der Waals surface area contributed by atoms with Crippen LogP contribution in [0.4, 0.5) is 48.3 Å². The highest BCUT2D eigenvalue weighted by molar-refractivity contribution is 9.08. The normalized spacial score (nSPS) is 13.4. The lowest BCUT2D eigenvalue weighted by Crippen LogP contribution is -2.23. The number of hydrogen-bond acceptors (Lipinski definition) is 14. The van der Waals surface area contributed by atoms with E-state index in [1.807, 2.05) is 112 Å². The van der Waals surface area contributed by atoms with E-state index in [-0.39, 0.29) is 37.6 Å². The second kappa shape index (κ2) is 40.0. The maximum atomic E-state index is 13.4. The summed E-state index contributed by atoms with van der Waals surface area (Å²) in [7, 11) is 0. The van der Waals surface area contributed by atoms with Crippen LogP contribution in [0.5, 0.6) is 0 Å². The highest BCUT2D eigenvalue weighted by atomic mass is 79.9. The molecule has 0 saturated carbocycles. The predicted molar refractivity (Wildman–Crippen MR) is 474 cm³/mol. The average Bonchev–Trinajstić information content (AvgIpc) is 1.60. The van der Waals surface area contributed by atoms with E-state index in [0.29, 0.717) is 120 Å². The zero-order chi connectivity index (χ0) is 101. The summed E-state index contributed by atoms with van der Waals surface area (Å²) in [6.07, 6.45) is -5.84. The van der Waals surface area contributed by atoms with E-state index in [0.717, 1.165) is 171 Å². The van der Waals surface area contributed by atoms with Crippen molar-refractivity contribution in [2.75, 3.05) is 6.61 Å². The monoisotopic (exact) mass is 1820 g/mol. The second-order valence-electron chi connectivity index (χ2n) is 28.8. The quantitative estimate of drug-likeness (QED) is 0.0162. The van der Waals surface area contributed by atoms with E-state index in [1.165, 1.54) is 72.4 Å². The van der Waals surface area contributed by atoms with Crippen molar-refractivity contribution in [3.8, 4) is 67.5 Å². The van der Waals surface area contributed by atoms with Gasteiger partial charge in [0.25, 0.3) is 11.1 Å². The van der Waals surface area contributed by atoms with E-state index in [1.54, 1.807) is 31.2 Å². The summed E-state index contributed by atoms with van der Waals surface area (Å²) in [5.74, 6) is 4.04. The lowest BCUT2D eigenvalue weighted by molar-refractivity contribution is -0.139. The van der Waals surface area contributed by atoms with Crippen LogP contribution in [0.15, 0.2) is 220 Å². The number of alkyl halides is 10. The summed E-state index contributed by atoms with van der Waals surface area (Å²) < 4.78 is 227. The molecule has 0 fully saturated rings. The van der Waals surface area contributed by atoms with Gasteiger partial charge in [0.05, 0.1) is 48.5 Å². The first-order chi connectivity index (χ1) is 65.6. The van der Waals surface area contributed by atoms with Crippen molar-refractivity contribution >= 4 is 45.9 Å². The molecule has 0 unspecified atom stereocenters. The molecule has 0 aliphatic heterocycles. The number of benzene rings is 8. The van der Waals surface area contributed by atoms with Gasteiger partial charge in [-0.1, -0.05) is 169 Å². The van der Waals surface area contributed by atoms with Crippen molar-refractivity contribution in [3.05, 3.63) is 310 Å². The van der Waals surface area contributed by atoms with Gasteiger partial charge >= 0.3 is 24.5 Å². The number of esters is 1. The Bertz CT molecular complexity index is 6120. The smallest absolute Gasteiger partial charge is 0.416 e. The molecule has 123 heavy (non-hydrogen) atoms. The van der Waals surface area contributed by atoms with Crippen LogP contribution in [0.2, 0.25) is 0 Å². The first-order valence-corrected chi connectivity index (χ1v) is 42.0. The Morgan fingerprint density at radius 1 is 0.480 bits per heavy atom. The van der Waals surface area contributed by atoms with Gasteiger partial charge in [-0.25, -0.2) is 13.6 Å². The fourth-order valence-electron chi connectivity index (χ4n) is 14.8. The molecular formula is C91H102BrF11N14O4S2. The van der Waals surface area contributed by atoms with E-state index in [9.17, 15) is 62.7 Å². The highest BCUT2D eigenvalue weighted by Crippen LogP contribution is 2.37. The van der Waals surface area contributed by atoms with Gasteiger partial charge < -0.3 is 32.9 Å². The number of ether oxygens (including phenoxy) is 1. The van der Waals surface area contributed by atoms with Gasteiger partial charge in [-0.2, -0.15) is 44.5 Å². The summed E-state index contributed by atoms with van der Waals surface area (Å²) in [6, 6.07) is 50.5. The van der Waals surface area contributed by atoms with E-state index in [2.05, 4.69) is 66.4 Å². The number of aromatic amines is 1. The van der Waals surface area contributed by atoms with Gasteiger partial charge in [0.2, 0.25) is 0 Å². The number of carbonyl (C=O) groups is 1. The number of carbonyl (C=O) groups excluding carboxylic acids is 1. The van der Waals surface area contributed by atoms with Gasteiger partial charge in [-0.05, 0) is 203 Å². The second-order valence-corrected chi connectivity index (χ2v) is 30.6. The van der Waals surface area contributed by atoms with Gasteiger partial charge in [0.1, 0.15) is 11.6 Å². The minimum Gasteiger partial charge on any atom is -0.463 e. The van der Waals surface area contributed by atoms with Gasteiger partial charge in [0, 0.05) is 97.8 Å². The molecule has 0 saturated heterocycles. The molecule has 32 heteroatoms. The summed E-state index contributed by atoms with van der Waals surface area (Å²) >= 11 is 10.1. The number of aromatic nitrogens is 13. The van der Waals surface area contributed by atoms with Crippen LogP contribution in [-0.2, 0) is 104 Å².